The molecule has 2 atom stereocenters. The van der Waals surface area contributed by atoms with Crippen molar-refractivity contribution in [3.63, 3.8) is 0 Å². The Bertz CT molecular complexity index is 554. The molecule has 0 spiro atoms. The molecule has 6 nitrogen and oxygen atoms in total. The lowest BCUT2D eigenvalue weighted by atomic mass is 9.82. The number of aliphatic hydroxyl groups excluding tert-OH is 1. The van der Waals surface area contributed by atoms with Crippen LogP contribution >= 0.6 is 12.4 Å². The second-order valence-corrected chi connectivity index (χ2v) is 5.81. The summed E-state index contributed by atoms with van der Waals surface area (Å²) in [6.07, 6.45) is 0. The first-order valence-corrected chi connectivity index (χ1v) is 6.75. The zero-order valence-corrected chi connectivity index (χ0v) is 12.4. The summed E-state index contributed by atoms with van der Waals surface area (Å²) in [5, 5.41) is 22.4. The summed E-state index contributed by atoms with van der Waals surface area (Å²) in [4.78, 5) is 14.3. The minimum Gasteiger partial charge on any atom is -0.508 e. The van der Waals surface area contributed by atoms with Gasteiger partial charge in [0.05, 0.1) is 12.2 Å². The van der Waals surface area contributed by atoms with Gasteiger partial charge in [-0.1, -0.05) is 0 Å². The fraction of sp³-hybridized carbons (Fsp3) is 0.500. The Morgan fingerprint density at radius 3 is 2.95 bits per heavy atom. The van der Waals surface area contributed by atoms with E-state index in [0.29, 0.717) is 24.3 Å². The van der Waals surface area contributed by atoms with Crippen LogP contribution < -0.4 is 11.1 Å². The minimum absolute atomic E-state index is 0. The monoisotopic (exact) mass is 313 g/mol. The highest BCUT2D eigenvalue weighted by atomic mass is 35.5. The normalized spacial score (nSPS) is 27.3. The number of benzene rings is 1. The number of anilines is 1. The van der Waals surface area contributed by atoms with E-state index < -0.39 is 0 Å². The number of nitrogens with one attached hydrogen (secondary N) is 1. The van der Waals surface area contributed by atoms with Crippen LogP contribution in [0.4, 0.5) is 5.69 Å². The first-order chi connectivity index (χ1) is 9.55. The summed E-state index contributed by atoms with van der Waals surface area (Å²) in [5.74, 6) is 0.121. The summed E-state index contributed by atoms with van der Waals surface area (Å²) >= 11 is 0. The molecule has 1 amide bonds. The molecule has 1 aromatic carbocycles. The molecule has 2 fully saturated rings. The Morgan fingerprint density at radius 1 is 1.52 bits per heavy atom. The molecule has 2 unspecified atom stereocenters. The number of phenols is 1. The highest BCUT2D eigenvalue weighted by molar-refractivity contribution is 5.99. The number of hydrogen-bond acceptors (Lipinski definition) is 5. The van der Waals surface area contributed by atoms with E-state index in [0.717, 1.165) is 13.1 Å². The molecule has 2 saturated heterocycles. The number of carbonyl (C=O) groups is 1. The molecule has 0 aliphatic carbocycles. The Kier molecular flexibility index (Phi) is 4.32. The van der Waals surface area contributed by atoms with Gasteiger partial charge in [-0.3, -0.25) is 4.79 Å². The molecule has 3 rings (SSSR count). The summed E-state index contributed by atoms with van der Waals surface area (Å²) in [6, 6.07) is 4.39. The van der Waals surface area contributed by atoms with Crippen LogP contribution in [0.5, 0.6) is 5.75 Å². The van der Waals surface area contributed by atoms with E-state index in [-0.39, 0.29) is 42.0 Å². The van der Waals surface area contributed by atoms with Crippen LogP contribution in [0.2, 0.25) is 0 Å². The third kappa shape index (κ3) is 2.54. The molecular weight excluding hydrogens is 294 g/mol. The molecule has 0 saturated carbocycles. The van der Waals surface area contributed by atoms with Crippen molar-refractivity contribution in [3.8, 4) is 5.75 Å². The second-order valence-electron chi connectivity index (χ2n) is 5.81. The number of likely N-dealkylation sites (tertiary alicyclic amines) is 1. The van der Waals surface area contributed by atoms with Gasteiger partial charge in [0.1, 0.15) is 5.75 Å². The van der Waals surface area contributed by atoms with Gasteiger partial charge >= 0.3 is 0 Å². The average Bonchev–Trinajstić information content (AvgIpc) is 2.97. The number of rotatable bonds is 2. The van der Waals surface area contributed by atoms with E-state index in [2.05, 4.69) is 5.32 Å². The van der Waals surface area contributed by atoms with Gasteiger partial charge in [0.25, 0.3) is 5.91 Å². The lowest BCUT2D eigenvalue weighted by molar-refractivity contribution is 0.0746. The number of amides is 1. The predicted molar refractivity (Wildman–Crippen MR) is 81.5 cm³/mol. The lowest BCUT2D eigenvalue weighted by Gasteiger charge is -2.25. The minimum atomic E-state index is -0.235. The maximum Gasteiger partial charge on any atom is 0.256 e. The number of nitrogen functional groups attached to an aromatic ring is 1. The van der Waals surface area contributed by atoms with E-state index in [4.69, 9.17) is 5.73 Å². The SMILES string of the molecule is Cl.Nc1ccc(O)cc1C(=O)N1CC2CNCC2(CO)C1. The average molecular weight is 314 g/mol. The number of halogens is 1. The summed E-state index contributed by atoms with van der Waals surface area (Å²) < 4.78 is 0. The van der Waals surface area contributed by atoms with Gasteiger partial charge in [-0.25, -0.2) is 0 Å². The van der Waals surface area contributed by atoms with Crippen molar-refractivity contribution in [3.05, 3.63) is 23.8 Å². The first-order valence-electron chi connectivity index (χ1n) is 6.75. The van der Waals surface area contributed by atoms with Crippen LogP contribution in [-0.2, 0) is 0 Å². The molecule has 21 heavy (non-hydrogen) atoms. The van der Waals surface area contributed by atoms with E-state index in [1.165, 1.54) is 18.2 Å². The highest BCUT2D eigenvalue weighted by Crippen LogP contribution is 2.39. The highest BCUT2D eigenvalue weighted by Gasteiger charge is 2.50. The smallest absolute Gasteiger partial charge is 0.256 e. The Morgan fingerprint density at radius 2 is 2.29 bits per heavy atom. The van der Waals surface area contributed by atoms with Gasteiger partial charge in [-0.2, -0.15) is 0 Å². The van der Waals surface area contributed by atoms with Crippen LogP contribution in [0, 0.1) is 11.3 Å². The predicted octanol–water partition coefficient (Wildman–Crippen LogP) is 0.0501. The maximum atomic E-state index is 12.5. The number of aliphatic hydroxyl groups is 1. The zero-order chi connectivity index (χ0) is 14.3. The number of nitrogens with zero attached hydrogens (tertiary/aromatic N) is 1. The molecule has 0 radical (unpaired) electrons. The van der Waals surface area contributed by atoms with Crippen molar-refractivity contribution in [2.75, 3.05) is 38.5 Å². The number of aromatic hydroxyl groups is 1. The largest absolute Gasteiger partial charge is 0.508 e. The van der Waals surface area contributed by atoms with E-state index >= 15 is 0 Å². The Hall–Kier alpha value is -1.50. The topological polar surface area (TPSA) is 98.8 Å². The first kappa shape index (κ1) is 15.9. The Balaban J connectivity index is 0.00000161. The number of hydrogen-bond donors (Lipinski definition) is 4. The van der Waals surface area contributed by atoms with Gasteiger partial charge in [-0.05, 0) is 24.1 Å². The zero-order valence-electron chi connectivity index (χ0n) is 11.6. The summed E-state index contributed by atoms with van der Waals surface area (Å²) in [6.45, 7) is 2.76. The summed E-state index contributed by atoms with van der Waals surface area (Å²) in [7, 11) is 0. The van der Waals surface area contributed by atoms with Crippen molar-refractivity contribution >= 4 is 24.0 Å². The molecule has 0 aromatic heterocycles. The van der Waals surface area contributed by atoms with Gasteiger partial charge in [-0.15, -0.1) is 12.4 Å². The molecular formula is C14H20ClN3O3. The maximum absolute atomic E-state index is 12.5. The summed E-state index contributed by atoms with van der Waals surface area (Å²) in [5.41, 5.74) is 6.27. The molecule has 2 aliphatic heterocycles. The fourth-order valence-electron chi connectivity index (χ4n) is 3.30. The molecule has 1 aromatic rings. The van der Waals surface area contributed by atoms with Gasteiger partial charge in [0, 0.05) is 37.3 Å². The molecule has 116 valence electrons. The number of nitrogens with two attached hydrogens (primary N) is 1. The van der Waals surface area contributed by atoms with Crippen molar-refractivity contribution in [1.82, 2.24) is 10.2 Å². The van der Waals surface area contributed by atoms with Gasteiger partial charge < -0.3 is 26.2 Å². The van der Waals surface area contributed by atoms with Crippen molar-refractivity contribution < 1.29 is 15.0 Å². The van der Waals surface area contributed by atoms with E-state index in [9.17, 15) is 15.0 Å². The third-order valence-corrected chi connectivity index (χ3v) is 4.55. The second kappa shape index (κ2) is 5.71. The van der Waals surface area contributed by atoms with Crippen molar-refractivity contribution in [2.24, 2.45) is 11.3 Å². The van der Waals surface area contributed by atoms with E-state index in [1.54, 1.807) is 4.90 Å². The molecule has 5 N–H and O–H groups in total. The van der Waals surface area contributed by atoms with E-state index in [1.807, 2.05) is 0 Å². The third-order valence-electron chi connectivity index (χ3n) is 4.55. The fourth-order valence-corrected chi connectivity index (χ4v) is 3.30. The lowest BCUT2D eigenvalue weighted by Crippen LogP contribution is -2.38. The standard InChI is InChI=1S/C14H19N3O3.ClH/c15-12-2-1-10(19)3-11(12)13(20)17-5-9-4-16-6-14(9,7-17)8-18;/h1-3,9,16,18-19H,4-8,15H2;1H. The van der Waals surface area contributed by atoms with Crippen LogP contribution in [0.1, 0.15) is 10.4 Å². The van der Waals surface area contributed by atoms with Crippen LogP contribution in [0.25, 0.3) is 0 Å². The quantitative estimate of drug-likeness (QED) is 0.457. The van der Waals surface area contributed by atoms with Crippen molar-refractivity contribution in [2.45, 2.75) is 0 Å². The molecule has 2 heterocycles. The molecule has 0 bridgehead atoms. The van der Waals surface area contributed by atoms with Crippen LogP contribution in [0.15, 0.2) is 18.2 Å². The van der Waals surface area contributed by atoms with Gasteiger partial charge in [0.2, 0.25) is 0 Å². The number of phenolic OH excluding ortho intramolecular Hbond substituents is 1. The molecule has 7 heteroatoms. The number of fused-ring (bicyclic) bond motifs is 1. The van der Waals surface area contributed by atoms with Crippen molar-refractivity contribution in [1.29, 1.82) is 0 Å². The van der Waals surface area contributed by atoms with Crippen LogP contribution in [0.3, 0.4) is 0 Å². The Labute approximate surface area is 129 Å². The number of carbonyl (C=O) groups excluding carboxylic acids is 1. The van der Waals surface area contributed by atoms with Gasteiger partial charge in [0.15, 0.2) is 0 Å². The van der Waals surface area contributed by atoms with Crippen LogP contribution in [-0.4, -0.2) is 53.8 Å². The molecule has 2 aliphatic rings.